The molecule has 7 heteroatoms. The average Bonchev–Trinajstić information content (AvgIpc) is 3.10. The molecule has 0 saturated carbocycles. The number of nitrogens with one attached hydrogen (secondary N) is 1. The number of benzene rings is 1. The largest absolute Gasteiger partial charge is 0.424 e. The van der Waals surface area contributed by atoms with Crippen LogP contribution < -0.4 is 10.1 Å². The first kappa shape index (κ1) is 17.2. The molecular formula is C20H20N4O3. The number of carbonyl (C=O) groups is 1. The molecule has 0 spiro atoms. The van der Waals surface area contributed by atoms with Crippen LogP contribution in [0, 0.1) is 13.8 Å². The van der Waals surface area contributed by atoms with E-state index >= 15 is 0 Å². The van der Waals surface area contributed by atoms with Crippen molar-refractivity contribution in [2.24, 2.45) is 0 Å². The SMILES string of the molecule is Cc1nc(Oc2ccccc2)nc(C)c1NC(=O)c1noc2c1CCCC2. The highest BCUT2D eigenvalue weighted by Gasteiger charge is 2.25. The van der Waals surface area contributed by atoms with E-state index in [4.69, 9.17) is 9.26 Å². The van der Waals surface area contributed by atoms with E-state index in [2.05, 4.69) is 20.4 Å². The summed E-state index contributed by atoms with van der Waals surface area (Å²) in [7, 11) is 0. The van der Waals surface area contributed by atoms with Gasteiger partial charge in [-0.25, -0.2) is 0 Å². The number of hydrogen-bond donors (Lipinski definition) is 1. The van der Waals surface area contributed by atoms with Crippen molar-refractivity contribution in [1.29, 1.82) is 0 Å². The van der Waals surface area contributed by atoms with Crippen LogP contribution >= 0.6 is 0 Å². The van der Waals surface area contributed by atoms with Crippen LogP contribution in [0.1, 0.15) is 46.0 Å². The molecule has 0 bridgehead atoms. The van der Waals surface area contributed by atoms with E-state index in [1.54, 1.807) is 13.8 Å². The van der Waals surface area contributed by atoms with Crippen molar-refractivity contribution >= 4 is 11.6 Å². The predicted octanol–water partition coefficient (Wildman–Crippen LogP) is 4.00. The molecule has 0 saturated heterocycles. The molecule has 1 N–H and O–H groups in total. The lowest BCUT2D eigenvalue weighted by molar-refractivity contribution is 0.101. The maximum absolute atomic E-state index is 12.7. The Labute approximate surface area is 156 Å². The molecule has 3 aromatic rings. The second-order valence-electron chi connectivity index (χ2n) is 6.56. The van der Waals surface area contributed by atoms with Crippen molar-refractivity contribution in [2.45, 2.75) is 39.5 Å². The van der Waals surface area contributed by atoms with E-state index in [0.29, 0.717) is 28.5 Å². The highest BCUT2D eigenvalue weighted by molar-refractivity contribution is 6.04. The number of rotatable bonds is 4. The first-order valence-electron chi connectivity index (χ1n) is 8.98. The molecule has 0 aliphatic heterocycles. The summed E-state index contributed by atoms with van der Waals surface area (Å²) < 4.78 is 11.0. The lowest BCUT2D eigenvalue weighted by Crippen LogP contribution is -2.18. The van der Waals surface area contributed by atoms with Crippen LogP contribution in [-0.2, 0) is 12.8 Å². The number of carbonyl (C=O) groups excluding carboxylic acids is 1. The van der Waals surface area contributed by atoms with Gasteiger partial charge in [0.1, 0.15) is 11.5 Å². The van der Waals surface area contributed by atoms with Gasteiger partial charge in [0.2, 0.25) is 0 Å². The van der Waals surface area contributed by atoms with E-state index in [1.807, 2.05) is 30.3 Å². The zero-order valence-corrected chi connectivity index (χ0v) is 15.3. The number of fused-ring (bicyclic) bond motifs is 1. The van der Waals surface area contributed by atoms with Crippen LogP contribution in [0.5, 0.6) is 11.8 Å². The number of nitrogens with zero attached hydrogens (tertiary/aromatic N) is 3. The normalized spacial score (nSPS) is 13.1. The monoisotopic (exact) mass is 364 g/mol. The summed E-state index contributed by atoms with van der Waals surface area (Å²) in [6.07, 6.45) is 3.77. The van der Waals surface area contributed by atoms with E-state index in [1.165, 1.54) is 0 Å². The molecule has 1 aliphatic carbocycles. The number of ether oxygens (including phenoxy) is 1. The number of anilines is 1. The summed E-state index contributed by atoms with van der Waals surface area (Å²) in [6.45, 7) is 3.61. The van der Waals surface area contributed by atoms with Gasteiger partial charge in [0.05, 0.1) is 17.1 Å². The Kier molecular flexibility index (Phi) is 4.58. The summed E-state index contributed by atoms with van der Waals surface area (Å²) in [5.74, 6) is 1.18. The van der Waals surface area contributed by atoms with Crippen LogP contribution in [0.4, 0.5) is 5.69 Å². The van der Waals surface area contributed by atoms with Crippen molar-refractivity contribution in [1.82, 2.24) is 15.1 Å². The summed E-state index contributed by atoms with van der Waals surface area (Å²) in [5.41, 5.74) is 3.08. The third-order valence-electron chi connectivity index (χ3n) is 4.61. The lowest BCUT2D eigenvalue weighted by Gasteiger charge is -2.13. The number of amides is 1. The second kappa shape index (κ2) is 7.19. The molecule has 1 aliphatic rings. The third kappa shape index (κ3) is 3.53. The number of aryl methyl sites for hydroxylation is 3. The van der Waals surface area contributed by atoms with Crippen molar-refractivity contribution in [3.05, 3.63) is 58.7 Å². The van der Waals surface area contributed by atoms with E-state index in [-0.39, 0.29) is 11.9 Å². The van der Waals surface area contributed by atoms with Crippen LogP contribution in [0.15, 0.2) is 34.9 Å². The Morgan fingerprint density at radius 3 is 2.52 bits per heavy atom. The Balaban J connectivity index is 1.55. The lowest BCUT2D eigenvalue weighted by atomic mass is 9.96. The molecule has 2 aromatic heterocycles. The smallest absolute Gasteiger partial charge is 0.322 e. The quantitative estimate of drug-likeness (QED) is 0.752. The van der Waals surface area contributed by atoms with Crippen LogP contribution in [0.2, 0.25) is 0 Å². The fourth-order valence-corrected chi connectivity index (χ4v) is 3.24. The molecule has 0 radical (unpaired) electrons. The van der Waals surface area contributed by atoms with Gasteiger partial charge in [-0.1, -0.05) is 23.4 Å². The van der Waals surface area contributed by atoms with Crippen molar-refractivity contribution in [3.63, 3.8) is 0 Å². The Morgan fingerprint density at radius 2 is 1.78 bits per heavy atom. The Morgan fingerprint density at radius 1 is 1.07 bits per heavy atom. The van der Waals surface area contributed by atoms with Gasteiger partial charge in [-0.3, -0.25) is 4.79 Å². The minimum absolute atomic E-state index is 0.244. The van der Waals surface area contributed by atoms with Gasteiger partial charge < -0.3 is 14.6 Å². The van der Waals surface area contributed by atoms with Gasteiger partial charge in [-0.05, 0) is 45.2 Å². The summed E-state index contributed by atoms with van der Waals surface area (Å²) in [4.78, 5) is 21.4. The van der Waals surface area contributed by atoms with Gasteiger partial charge in [0.15, 0.2) is 5.69 Å². The fraction of sp³-hybridized carbons (Fsp3) is 0.300. The Hall–Kier alpha value is -3.22. The topological polar surface area (TPSA) is 90.1 Å². The second-order valence-corrected chi connectivity index (χ2v) is 6.56. The first-order valence-corrected chi connectivity index (χ1v) is 8.98. The maximum atomic E-state index is 12.7. The number of aromatic nitrogens is 3. The van der Waals surface area contributed by atoms with Crippen LogP contribution in [0.3, 0.4) is 0 Å². The molecule has 1 amide bonds. The molecular weight excluding hydrogens is 344 g/mol. The van der Waals surface area contributed by atoms with Crippen molar-refractivity contribution in [2.75, 3.05) is 5.32 Å². The van der Waals surface area contributed by atoms with Crippen LogP contribution in [-0.4, -0.2) is 21.0 Å². The van der Waals surface area contributed by atoms with Crippen molar-refractivity contribution < 1.29 is 14.1 Å². The molecule has 1 aromatic carbocycles. The number of para-hydroxylation sites is 1. The van der Waals surface area contributed by atoms with E-state index < -0.39 is 0 Å². The predicted molar refractivity (Wildman–Crippen MR) is 99.1 cm³/mol. The standard InChI is InChI=1S/C20H20N4O3/c1-12-17(13(2)22-20(21-12)26-14-8-4-3-5-9-14)23-19(25)18-15-10-6-7-11-16(15)27-24-18/h3-5,8-9H,6-7,10-11H2,1-2H3,(H,23,25). The minimum atomic E-state index is -0.298. The zero-order chi connectivity index (χ0) is 18.8. The highest BCUT2D eigenvalue weighted by atomic mass is 16.5. The molecule has 138 valence electrons. The van der Waals surface area contributed by atoms with Crippen LogP contribution in [0.25, 0.3) is 0 Å². The summed E-state index contributed by atoms with van der Waals surface area (Å²) in [5, 5.41) is 6.85. The third-order valence-corrected chi connectivity index (χ3v) is 4.61. The molecule has 7 nitrogen and oxygen atoms in total. The zero-order valence-electron chi connectivity index (χ0n) is 15.3. The molecule has 2 heterocycles. The Bertz CT molecular complexity index is 959. The van der Waals surface area contributed by atoms with Gasteiger partial charge in [-0.2, -0.15) is 9.97 Å². The summed E-state index contributed by atoms with van der Waals surface area (Å²) in [6, 6.07) is 9.57. The highest BCUT2D eigenvalue weighted by Crippen LogP contribution is 2.27. The van der Waals surface area contributed by atoms with Gasteiger partial charge >= 0.3 is 6.01 Å². The average molecular weight is 364 g/mol. The van der Waals surface area contributed by atoms with Gasteiger partial charge in [0, 0.05) is 12.0 Å². The number of hydrogen-bond acceptors (Lipinski definition) is 6. The molecule has 27 heavy (non-hydrogen) atoms. The fourth-order valence-electron chi connectivity index (χ4n) is 3.24. The molecule has 0 unspecified atom stereocenters. The molecule has 0 fully saturated rings. The van der Waals surface area contributed by atoms with Gasteiger partial charge in [-0.15, -0.1) is 0 Å². The maximum Gasteiger partial charge on any atom is 0.322 e. The first-order chi connectivity index (χ1) is 13.1. The molecule has 4 rings (SSSR count). The minimum Gasteiger partial charge on any atom is -0.424 e. The van der Waals surface area contributed by atoms with E-state index in [9.17, 15) is 4.79 Å². The summed E-state index contributed by atoms with van der Waals surface area (Å²) >= 11 is 0. The van der Waals surface area contributed by atoms with E-state index in [0.717, 1.165) is 37.0 Å². The molecule has 0 atom stereocenters. The van der Waals surface area contributed by atoms with Gasteiger partial charge in [0.25, 0.3) is 5.91 Å². The van der Waals surface area contributed by atoms with Crippen molar-refractivity contribution in [3.8, 4) is 11.8 Å².